The summed E-state index contributed by atoms with van der Waals surface area (Å²) in [6.07, 6.45) is 5.53. The van der Waals surface area contributed by atoms with Crippen molar-refractivity contribution in [2.24, 2.45) is 11.8 Å². The van der Waals surface area contributed by atoms with Crippen LogP contribution in [0.25, 0.3) is 0 Å². The number of likely N-dealkylation sites (tertiary alicyclic amines) is 2. The maximum atomic E-state index is 13.8. The summed E-state index contributed by atoms with van der Waals surface area (Å²) < 4.78 is 5.76. The Balaban J connectivity index is 1.72. The van der Waals surface area contributed by atoms with Gasteiger partial charge < -0.3 is 19.9 Å². The number of esters is 1. The van der Waals surface area contributed by atoms with Gasteiger partial charge in [0.25, 0.3) is 0 Å². The zero-order valence-corrected chi connectivity index (χ0v) is 27.3. The summed E-state index contributed by atoms with van der Waals surface area (Å²) >= 11 is 0. The Morgan fingerprint density at radius 1 is 0.930 bits per heavy atom. The molecular weight excluding hydrogens is 544 g/mol. The van der Waals surface area contributed by atoms with Gasteiger partial charge in [-0.2, -0.15) is 0 Å². The van der Waals surface area contributed by atoms with Gasteiger partial charge in [-0.25, -0.2) is 4.79 Å². The van der Waals surface area contributed by atoms with E-state index in [4.69, 9.17) is 4.74 Å². The molecule has 0 unspecified atom stereocenters. The van der Waals surface area contributed by atoms with E-state index in [1.54, 1.807) is 23.8 Å². The van der Waals surface area contributed by atoms with Crippen LogP contribution in [-0.4, -0.2) is 89.7 Å². The molecular formula is C34H52N4O5. The molecule has 0 spiro atoms. The highest BCUT2D eigenvalue weighted by atomic mass is 16.5. The molecule has 0 bridgehead atoms. The molecule has 1 aromatic rings. The summed E-state index contributed by atoms with van der Waals surface area (Å²) in [6.45, 7) is 12.8. The Bertz CT molecular complexity index is 1150. The minimum absolute atomic E-state index is 0.00996. The van der Waals surface area contributed by atoms with E-state index in [1.807, 2.05) is 78.1 Å². The zero-order valence-electron chi connectivity index (χ0n) is 27.3. The highest BCUT2D eigenvalue weighted by molar-refractivity contribution is 5.96. The molecule has 9 heteroatoms. The van der Waals surface area contributed by atoms with Gasteiger partial charge in [-0.1, -0.05) is 70.5 Å². The maximum absolute atomic E-state index is 13.8. The molecule has 0 saturated carbocycles. The lowest BCUT2D eigenvalue weighted by Gasteiger charge is -2.36. The average Bonchev–Trinajstić information content (AvgIpc) is 3.48. The maximum Gasteiger partial charge on any atom is 0.329 e. The van der Waals surface area contributed by atoms with Crippen LogP contribution >= 0.6 is 0 Å². The quantitative estimate of drug-likeness (QED) is 0.302. The van der Waals surface area contributed by atoms with Gasteiger partial charge in [-0.3, -0.25) is 19.3 Å². The van der Waals surface area contributed by atoms with Crippen molar-refractivity contribution < 1.29 is 23.9 Å². The van der Waals surface area contributed by atoms with Crippen molar-refractivity contribution in [3.05, 3.63) is 47.5 Å². The third-order valence-corrected chi connectivity index (χ3v) is 8.89. The first-order chi connectivity index (χ1) is 20.3. The number of carbonyl (C=O) groups is 4. The van der Waals surface area contributed by atoms with E-state index in [2.05, 4.69) is 10.2 Å². The summed E-state index contributed by atoms with van der Waals surface area (Å²) in [5.74, 6) is -1.03. The van der Waals surface area contributed by atoms with Crippen LogP contribution in [0.1, 0.15) is 85.3 Å². The Morgan fingerprint density at radius 2 is 1.58 bits per heavy atom. The van der Waals surface area contributed by atoms with Crippen LogP contribution in [0.15, 0.2) is 42.0 Å². The van der Waals surface area contributed by atoms with Crippen LogP contribution in [0.2, 0.25) is 0 Å². The second-order valence-corrected chi connectivity index (χ2v) is 12.9. The molecule has 3 rings (SSSR count). The van der Waals surface area contributed by atoms with Crippen molar-refractivity contribution in [3.63, 3.8) is 0 Å². The SMILES string of the molecule is C/C(=C\[C@H](C(C)C)N(C)C(=O)[C@@H](NC(=O)[C@H]1CCCCN1C)C(C)C)C(=O)N1CCC[C@H]1C(=O)O[C@@H](C)c1ccccc1. The van der Waals surface area contributed by atoms with Gasteiger partial charge in [-0.15, -0.1) is 0 Å². The van der Waals surface area contributed by atoms with Gasteiger partial charge in [0.05, 0.1) is 12.1 Å². The van der Waals surface area contributed by atoms with Crippen LogP contribution in [0.3, 0.4) is 0 Å². The fourth-order valence-electron chi connectivity index (χ4n) is 6.14. The molecule has 238 valence electrons. The first kappa shape index (κ1) is 34.3. The van der Waals surface area contributed by atoms with Crippen molar-refractivity contribution in [1.29, 1.82) is 0 Å². The summed E-state index contributed by atoms with van der Waals surface area (Å²) in [6, 6.07) is 7.61. The summed E-state index contributed by atoms with van der Waals surface area (Å²) in [4.78, 5) is 59.1. The predicted molar refractivity (Wildman–Crippen MR) is 168 cm³/mol. The van der Waals surface area contributed by atoms with Crippen LogP contribution in [0, 0.1) is 11.8 Å². The summed E-state index contributed by atoms with van der Waals surface area (Å²) in [5, 5.41) is 3.04. The van der Waals surface area contributed by atoms with Gasteiger partial charge in [-0.05, 0) is 70.5 Å². The molecule has 0 radical (unpaired) electrons. The number of nitrogens with one attached hydrogen (secondary N) is 1. The van der Waals surface area contributed by atoms with Crippen molar-refractivity contribution in [1.82, 2.24) is 20.0 Å². The highest BCUT2D eigenvalue weighted by Crippen LogP contribution is 2.26. The van der Waals surface area contributed by atoms with Crippen molar-refractivity contribution in [2.75, 3.05) is 27.2 Å². The number of likely N-dealkylation sites (N-methyl/N-ethyl adjacent to an activating group) is 2. The first-order valence-corrected chi connectivity index (χ1v) is 15.9. The second-order valence-electron chi connectivity index (χ2n) is 12.9. The molecule has 2 aliphatic heterocycles. The molecule has 2 fully saturated rings. The van der Waals surface area contributed by atoms with E-state index in [1.165, 1.54) is 0 Å². The number of amides is 3. The number of ether oxygens (including phenoxy) is 1. The number of piperidine rings is 1. The second kappa shape index (κ2) is 15.5. The molecule has 0 aliphatic carbocycles. The molecule has 43 heavy (non-hydrogen) atoms. The lowest BCUT2D eigenvalue weighted by molar-refractivity contribution is -0.156. The number of hydrogen-bond acceptors (Lipinski definition) is 6. The number of carbonyl (C=O) groups excluding carboxylic acids is 4. The fraction of sp³-hybridized carbons (Fsp3) is 0.647. The first-order valence-electron chi connectivity index (χ1n) is 15.9. The topological polar surface area (TPSA) is 99.3 Å². The van der Waals surface area contributed by atoms with Gasteiger partial charge in [0.15, 0.2) is 0 Å². The fourth-order valence-corrected chi connectivity index (χ4v) is 6.14. The molecule has 0 aromatic heterocycles. The minimum Gasteiger partial charge on any atom is -0.456 e. The number of nitrogens with zero attached hydrogens (tertiary/aromatic N) is 3. The highest BCUT2D eigenvalue weighted by Gasteiger charge is 2.38. The number of benzene rings is 1. The molecule has 2 saturated heterocycles. The lowest BCUT2D eigenvalue weighted by atomic mass is 9.96. The van der Waals surface area contributed by atoms with E-state index in [0.717, 1.165) is 37.8 Å². The van der Waals surface area contributed by atoms with Crippen molar-refractivity contribution >= 4 is 23.7 Å². The Labute approximate surface area is 258 Å². The molecule has 1 aromatic carbocycles. The molecule has 9 nitrogen and oxygen atoms in total. The number of hydrogen-bond donors (Lipinski definition) is 1. The largest absolute Gasteiger partial charge is 0.456 e. The predicted octanol–water partition coefficient (Wildman–Crippen LogP) is 4.34. The van der Waals surface area contributed by atoms with E-state index < -0.39 is 24.2 Å². The molecule has 2 aliphatic rings. The van der Waals surface area contributed by atoms with Crippen molar-refractivity contribution in [2.45, 2.75) is 104 Å². The molecule has 2 heterocycles. The van der Waals surface area contributed by atoms with Gasteiger partial charge in [0.2, 0.25) is 17.7 Å². The van der Waals surface area contributed by atoms with Crippen LogP contribution < -0.4 is 5.32 Å². The molecule has 5 atom stereocenters. The lowest BCUT2D eigenvalue weighted by Crippen LogP contribution is -2.57. The Hall–Kier alpha value is -3.20. The van der Waals surface area contributed by atoms with Crippen LogP contribution in [-0.2, 0) is 23.9 Å². The third kappa shape index (κ3) is 8.68. The average molecular weight is 597 g/mol. The summed E-state index contributed by atoms with van der Waals surface area (Å²) in [5.41, 5.74) is 1.38. The zero-order chi connectivity index (χ0) is 31.8. The Kier molecular flexibility index (Phi) is 12.4. The molecule has 3 amide bonds. The van der Waals surface area contributed by atoms with Crippen molar-refractivity contribution in [3.8, 4) is 0 Å². The molecule has 1 N–H and O–H groups in total. The monoisotopic (exact) mass is 596 g/mol. The normalized spacial score (nSPS) is 21.8. The Morgan fingerprint density at radius 3 is 2.19 bits per heavy atom. The standard InChI is InChI=1S/C34H52N4O5/c1-22(2)29(37(8)33(41)30(23(3)4)35-31(39)27-17-12-13-19-36(27)7)21-24(5)32(40)38-20-14-18-28(38)34(42)43-25(6)26-15-10-9-11-16-26/h9-11,15-16,21-23,25,27-30H,12-14,17-20H2,1-8H3,(H,35,39)/b24-21+/t25-,27+,28-,29+,30-/m0/s1. The third-order valence-electron chi connectivity index (χ3n) is 8.89. The van der Waals surface area contributed by atoms with Crippen LogP contribution in [0.5, 0.6) is 0 Å². The van der Waals surface area contributed by atoms with E-state index in [0.29, 0.717) is 18.5 Å². The minimum atomic E-state index is -0.678. The summed E-state index contributed by atoms with van der Waals surface area (Å²) in [7, 11) is 3.69. The van der Waals surface area contributed by atoms with Gasteiger partial charge in [0.1, 0.15) is 18.2 Å². The van der Waals surface area contributed by atoms with Gasteiger partial charge >= 0.3 is 5.97 Å². The van der Waals surface area contributed by atoms with Crippen LogP contribution in [0.4, 0.5) is 0 Å². The van der Waals surface area contributed by atoms with E-state index >= 15 is 0 Å². The van der Waals surface area contributed by atoms with E-state index in [9.17, 15) is 19.2 Å². The van der Waals surface area contributed by atoms with E-state index in [-0.39, 0.29) is 41.6 Å². The number of rotatable bonds is 11. The smallest absolute Gasteiger partial charge is 0.329 e. The van der Waals surface area contributed by atoms with Gasteiger partial charge in [0, 0.05) is 19.2 Å².